The fourth-order valence-corrected chi connectivity index (χ4v) is 4.80. The number of anilines is 1. The number of aromatic amines is 2. The minimum Gasteiger partial charge on any atom is -0.386 e. The minimum atomic E-state index is -0.860. The largest absolute Gasteiger partial charge is 0.386 e. The second-order valence-electron chi connectivity index (χ2n) is 9.20. The van der Waals surface area contributed by atoms with Crippen LogP contribution in [0, 0.1) is 6.92 Å². The second kappa shape index (κ2) is 9.84. The second-order valence-corrected chi connectivity index (χ2v) is 9.20. The number of rotatable bonds is 7. The number of pyridine rings is 1. The van der Waals surface area contributed by atoms with Crippen molar-refractivity contribution < 1.29 is 5.11 Å². The summed E-state index contributed by atoms with van der Waals surface area (Å²) in [5.74, 6) is 0.441. The number of benzene rings is 3. The third kappa shape index (κ3) is 4.38. The molecule has 0 saturated carbocycles. The van der Waals surface area contributed by atoms with Gasteiger partial charge in [-0.15, -0.1) is 0 Å². The van der Waals surface area contributed by atoms with Crippen LogP contribution in [0.2, 0.25) is 0 Å². The maximum absolute atomic E-state index is 13.2. The molecule has 0 radical (unpaired) electrons. The quantitative estimate of drug-likeness (QED) is 0.237. The highest BCUT2D eigenvalue weighted by atomic mass is 16.3. The Hall–Kier alpha value is -4.95. The summed E-state index contributed by atoms with van der Waals surface area (Å²) < 4.78 is 1.92. The van der Waals surface area contributed by atoms with E-state index in [1.54, 1.807) is 24.8 Å². The molecule has 8 nitrogen and oxygen atoms in total. The van der Waals surface area contributed by atoms with E-state index in [1.165, 1.54) is 0 Å². The molecule has 0 aliphatic rings. The van der Waals surface area contributed by atoms with Crippen molar-refractivity contribution in [2.45, 2.75) is 19.1 Å². The number of nitrogens with zero attached hydrogens (tertiary/aromatic N) is 3. The first-order valence-corrected chi connectivity index (χ1v) is 12.3. The lowest BCUT2D eigenvalue weighted by Crippen LogP contribution is -2.22. The number of fused-ring (bicyclic) bond motifs is 1. The zero-order valence-corrected chi connectivity index (χ0v) is 20.7. The minimum absolute atomic E-state index is 0.289. The Labute approximate surface area is 218 Å². The first-order valence-electron chi connectivity index (χ1n) is 12.3. The lowest BCUT2D eigenvalue weighted by molar-refractivity contribution is 0.155. The molecule has 3 aromatic carbocycles. The van der Waals surface area contributed by atoms with Gasteiger partial charge in [0.1, 0.15) is 17.5 Å². The molecule has 0 spiro atoms. The number of hydrogen-bond donors (Lipinski definition) is 4. The molecule has 2 atom stereocenters. The molecule has 0 bridgehead atoms. The van der Waals surface area contributed by atoms with Gasteiger partial charge in [0.15, 0.2) is 0 Å². The first-order chi connectivity index (χ1) is 18.6. The van der Waals surface area contributed by atoms with Crippen molar-refractivity contribution in [1.29, 1.82) is 0 Å². The molecular weight excluding hydrogens is 476 g/mol. The molecule has 0 saturated heterocycles. The molecule has 2 unspecified atom stereocenters. The molecular formula is C30H26N6O2. The van der Waals surface area contributed by atoms with Crippen LogP contribution < -0.4 is 10.9 Å². The number of aryl methyl sites for hydroxylation is 1. The van der Waals surface area contributed by atoms with E-state index in [2.05, 4.69) is 20.3 Å². The van der Waals surface area contributed by atoms with Crippen LogP contribution in [0.5, 0.6) is 0 Å². The first kappa shape index (κ1) is 23.4. The van der Waals surface area contributed by atoms with E-state index in [9.17, 15) is 9.90 Å². The summed E-state index contributed by atoms with van der Waals surface area (Å²) in [4.78, 5) is 28.2. The predicted molar refractivity (Wildman–Crippen MR) is 148 cm³/mol. The van der Waals surface area contributed by atoms with Crippen LogP contribution in [0.3, 0.4) is 0 Å². The van der Waals surface area contributed by atoms with Gasteiger partial charge in [0.2, 0.25) is 0 Å². The van der Waals surface area contributed by atoms with E-state index >= 15 is 0 Å². The van der Waals surface area contributed by atoms with E-state index in [0.717, 1.165) is 33.4 Å². The molecule has 3 aromatic heterocycles. The molecule has 0 aliphatic carbocycles. The van der Waals surface area contributed by atoms with Crippen molar-refractivity contribution in [3.8, 4) is 17.1 Å². The van der Waals surface area contributed by atoms with Gasteiger partial charge in [-0.3, -0.25) is 4.79 Å². The van der Waals surface area contributed by atoms with Crippen LogP contribution in [0.25, 0.3) is 28.1 Å². The van der Waals surface area contributed by atoms with Crippen LogP contribution in [-0.2, 0) is 0 Å². The van der Waals surface area contributed by atoms with E-state index in [-0.39, 0.29) is 5.56 Å². The highest BCUT2D eigenvalue weighted by Gasteiger charge is 2.25. The number of aliphatic hydroxyl groups is 1. The molecule has 8 heteroatoms. The maximum Gasteiger partial charge on any atom is 0.261 e. The molecule has 6 rings (SSSR count). The van der Waals surface area contributed by atoms with Gasteiger partial charge in [0, 0.05) is 24.3 Å². The number of hydrogen-bond acceptors (Lipinski definition) is 5. The van der Waals surface area contributed by atoms with Gasteiger partial charge in [-0.25, -0.2) is 9.97 Å². The Morgan fingerprint density at radius 2 is 1.71 bits per heavy atom. The number of aromatic nitrogens is 5. The van der Waals surface area contributed by atoms with Gasteiger partial charge in [-0.1, -0.05) is 60.7 Å². The normalized spacial score (nSPS) is 12.9. The van der Waals surface area contributed by atoms with Gasteiger partial charge in [-0.2, -0.15) is 0 Å². The SMILES string of the molecule is Cc1cc(-n2ccnc2)cc2[nH]c(-c3c(NC(c4ccccc4)C(O)c4ccccc4)cc[nH]c3=O)nc12. The third-order valence-electron chi connectivity index (χ3n) is 6.69. The summed E-state index contributed by atoms with van der Waals surface area (Å²) in [6.07, 6.45) is 6.08. The van der Waals surface area contributed by atoms with E-state index < -0.39 is 12.1 Å². The Morgan fingerprint density at radius 3 is 2.42 bits per heavy atom. The molecule has 0 aliphatic heterocycles. The Morgan fingerprint density at radius 1 is 0.974 bits per heavy atom. The molecule has 188 valence electrons. The zero-order chi connectivity index (χ0) is 26.1. The maximum atomic E-state index is 13.2. The average Bonchev–Trinajstić information content (AvgIpc) is 3.63. The van der Waals surface area contributed by atoms with Gasteiger partial charge in [0.05, 0.1) is 29.1 Å². The monoisotopic (exact) mass is 502 g/mol. The fourth-order valence-electron chi connectivity index (χ4n) is 4.80. The molecule has 4 N–H and O–H groups in total. The topological polar surface area (TPSA) is 112 Å². The van der Waals surface area contributed by atoms with Gasteiger partial charge >= 0.3 is 0 Å². The summed E-state index contributed by atoms with van der Waals surface area (Å²) in [5, 5.41) is 14.9. The molecule has 0 amide bonds. The predicted octanol–water partition coefficient (Wildman–Crippen LogP) is 5.30. The molecule has 3 heterocycles. The molecule has 38 heavy (non-hydrogen) atoms. The fraction of sp³-hybridized carbons (Fsp3) is 0.100. The van der Waals surface area contributed by atoms with Crippen molar-refractivity contribution in [2.24, 2.45) is 0 Å². The lowest BCUT2D eigenvalue weighted by Gasteiger charge is -2.26. The Bertz CT molecular complexity index is 1740. The van der Waals surface area contributed by atoms with Gasteiger partial charge < -0.3 is 25.0 Å². The van der Waals surface area contributed by atoms with E-state index in [0.29, 0.717) is 17.1 Å². The third-order valence-corrected chi connectivity index (χ3v) is 6.69. The van der Waals surface area contributed by atoms with Gasteiger partial charge in [-0.05, 0) is 41.8 Å². The van der Waals surface area contributed by atoms with Crippen molar-refractivity contribution in [3.63, 3.8) is 0 Å². The summed E-state index contributed by atoms with van der Waals surface area (Å²) in [5.41, 5.74) is 5.80. The summed E-state index contributed by atoms with van der Waals surface area (Å²) in [7, 11) is 0. The van der Waals surface area contributed by atoms with Crippen molar-refractivity contribution in [3.05, 3.63) is 131 Å². The molecule has 0 fully saturated rings. The number of nitrogens with one attached hydrogen (secondary N) is 3. The highest BCUT2D eigenvalue weighted by molar-refractivity contribution is 5.86. The number of imidazole rings is 2. The smallest absolute Gasteiger partial charge is 0.261 e. The summed E-state index contributed by atoms with van der Waals surface area (Å²) >= 11 is 0. The van der Waals surface area contributed by atoms with E-state index in [1.807, 2.05) is 90.5 Å². The number of H-pyrrole nitrogens is 2. The summed E-state index contributed by atoms with van der Waals surface area (Å²) in [6, 6.07) is 24.5. The van der Waals surface area contributed by atoms with Crippen molar-refractivity contribution in [2.75, 3.05) is 5.32 Å². The Kier molecular flexibility index (Phi) is 6.07. The lowest BCUT2D eigenvalue weighted by atomic mass is 9.95. The van der Waals surface area contributed by atoms with Crippen LogP contribution in [-0.4, -0.2) is 29.6 Å². The van der Waals surface area contributed by atoms with Crippen LogP contribution in [0.4, 0.5) is 5.69 Å². The van der Waals surface area contributed by atoms with Crippen LogP contribution in [0.1, 0.15) is 28.8 Å². The van der Waals surface area contributed by atoms with Crippen molar-refractivity contribution >= 4 is 16.7 Å². The average molecular weight is 503 g/mol. The standard InChI is InChI=1S/C30H26N6O2/c1-19-16-22(36-15-14-31-18-36)17-24-26(19)35-29(34-24)25-23(12-13-32-30(25)38)33-27(20-8-4-2-5-9-20)28(37)21-10-6-3-7-11-21/h2-18,27-28,37H,1H3,(H,34,35)(H2,32,33,38). The van der Waals surface area contributed by atoms with Crippen molar-refractivity contribution in [1.82, 2.24) is 24.5 Å². The van der Waals surface area contributed by atoms with E-state index in [4.69, 9.17) is 4.98 Å². The van der Waals surface area contributed by atoms with Crippen LogP contribution in [0.15, 0.2) is 109 Å². The highest BCUT2D eigenvalue weighted by Crippen LogP contribution is 2.35. The van der Waals surface area contributed by atoms with Crippen LogP contribution >= 0.6 is 0 Å². The zero-order valence-electron chi connectivity index (χ0n) is 20.7. The Balaban J connectivity index is 1.44. The number of aliphatic hydroxyl groups excluding tert-OH is 1. The molecule has 6 aromatic rings. The summed E-state index contributed by atoms with van der Waals surface area (Å²) in [6.45, 7) is 1.99. The van der Waals surface area contributed by atoms with Gasteiger partial charge in [0.25, 0.3) is 5.56 Å².